The van der Waals surface area contributed by atoms with Crippen LogP contribution in [-0.2, 0) is 20.9 Å². The molecular weight excluding hydrogens is 513 g/mol. The summed E-state index contributed by atoms with van der Waals surface area (Å²) in [5.41, 5.74) is 2.81. The number of anilines is 1. The molecule has 0 saturated carbocycles. The number of nitrogens with one attached hydrogen (secondary N) is 1. The minimum atomic E-state index is -3.43. The van der Waals surface area contributed by atoms with Crippen molar-refractivity contribution in [3.8, 4) is 28.1 Å². The Balaban J connectivity index is 0.00000380. The fraction of sp³-hybridized carbons (Fsp3) is 0.320. The van der Waals surface area contributed by atoms with Crippen LogP contribution in [0.2, 0.25) is 0 Å². The minimum absolute atomic E-state index is 0. The quantitative estimate of drug-likeness (QED) is 0.434. The van der Waals surface area contributed by atoms with Crippen molar-refractivity contribution in [2.24, 2.45) is 0 Å². The molecule has 0 saturated heterocycles. The van der Waals surface area contributed by atoms with E-state index in [1.165, 1.54) is 29.2 Å². The zero-order valence-electron chi connectivity index (χ0n) is 20.4. The second-order valence-corrected chi connectivity index (χ2v) is 8.78. The van der Waals surface area contributed by atoms with E-state index in [9.17, 15) is 22.8 Å². The molecule has 0 radical (unpaired) electrons. The number of benzene rings is 2. The summed E-state index contributed by atoms with van der Waals surface area (Å²) in [6, 6.07) is 10.5. The Bertz CT molecular complexity index is 1300. The van der Waals surface area contributed by atoms with Gasteiger partial charge < -0.3 is 14.8 Å². The van der Waals surface area contributed by atoms with Crippen molar-refractivity contribution in [3.63, 3.8) is 0 Å². The van der Waals surface area contributed by atoms with Crippen LogP contribution < -0.4 is 10.1 Å². The van der Waals surface area contributed by atoms with Crippen molar-refractivity contribution in [1.82, 2.24) is 14.7 Å². The van der Waals surface area contributed by atoms with Crippen LogP contribution in [0.25, 0.3) is 22.4 Å². The molecule has 0 bridgehead atoms. The summed E-state index contributed by atoms with van der Waals surface area (Å²) < 4.78 is 54.8. The van der Waals surface area contributed by atoms with Gasteiger partial charge in [-0.05, 0) is 63.0 Å². The van der Waals surface area contributed by atoms with E-state index in [2.05, 4.69) is 10.4 Å². The highest BCUT2D eigenvalue weighted by Gasteiger charge is 2.34. The largest absolute Gasteiger partial charge is 0.482 e. The van der Waals surface area contributed by atoms with Gasteiger partial charge in [-0.25, -0.2) is 13.2 Å². The number of amides is 1. The molecule has 1 aliphatic rings. The van der Waals surface area contributed by atoms with Crippen LogP contribution in [0.4, 0.5) is 18.9 Å². The van der Waals surface area contributed by atoms with Gasteiger partial charge in [0.2, 0.25) is 0 Å². The number of alkyl halides is 2. The van der Waals surface area contributed by atoms with Crippen molar-refractivity contribution < 1.29 is 32.2 Å². The van der Waals surface area contributed by atoms with E-state index in [0.29, 0.717) is 39.5 Å². The Morgan fingerprint density at radius 2 is 1.86 bits per heavy atom. The lowest BCUT2D eigenvalue weighted by atomic mass is 9.98. The van der Waals surface area contributed by atoms with E-state index in [1.807, 2.05) is 0 Å². The van der Waals surface area contributed by atoms with E-state index >= 15 is 0 Å². The number of aryl methyl sites for hydroxylation is 1. The molecule has 1 aromatic heterocycles. The second-order valence-electron chi connectivity index (χ2n) is 8.78. The number of esters is 1. The zero-order valence-corrected chi connectivity index (χ0v) is 21.2. The molecule has 198 valence electrons. The molecule has 0 fully saturated rings. The van der Waals surface area contributed by atoms with Gasteiger partial charge in [-0.15, -0.1) is 12.4 Å². The van der Waals surface area contributed by atoms with Crippen LogP contribution in [0.5, 0.6) is 5.75 Å². The van der Waals surface area contributed by atoms with Gasteiger partial charge in [-0.2, -0.15) is 5.10 Å². The predicted molar refractivity (Wildman–Crippen MR) is 134 cm³/mol. The number of carbonyl (C=O) groups is 2. The van der Waals surface area contributed by atoms with Gasteiger partial charge in [-0.1, -0.05) is 6.07 Å². The molecule has 0 unspecified atom stereocenters. The summed E-state index contributed by atoms with van der Waals surface area (Å²) in [5, 5.41) is 7.08. The molecular formula is C25H26ClF3N4O4. The molecule has 0 spiro atoms. The normalized spacial score (nSPS) is 12.9. The lowest BCUT2D eigenvalue weighted by molar-refractivity contribution is -0.157. The number of rotatable bonds is 8. The number of halogens is 4. The first-order valence-electron chi connectivity index (χ1n) is 11.1. The molecule has 2 aromatic carbocycles. The monoisotopic (exact) mass is 538 g/mol. The first-order valence-corrected chi connectivity index (χ1v) is 11.1. The van der Waals surface area contributed by atoms with Crippen molar-refractivity contribution in [1.29, 1.82) is 0 Å². The third kappa shape index (κ3) is 6.60. The lowest BCUT2D eigenvalue weighted by Gasteiger charge is -2.20. The van der Waals surface area contributed by atoms with Gasteiger partial charge >= 0.3 is 11.9 Å². The van der Waals surface area contributed by atoms with Crippen LogP contribution in [0.1, 0.15) is 5.69 Å². The van der Waals surface area contributed by atoms with Gasteiger partial charge in [0.05, 0.1) is 23.6 Å². The summed E-state index contributed by atoms with van der Waals surface area (Å²) in [6.45, 7) is -0.541. The average molecular weight is 539 g/mol. The number of fused-ring (bicyclic) bond motifs is 1. The first-order chi connectivity index (χ1) is 17.0. The molecule has 0 aliphatic carbocycles. The highest BCUT2D eigenvalue weighted by molar-refractivity contribution is 5.97. The number of likely N-dealkylation sites (N-methyl/N-ethyl adjacent to an activating group) is 1. The van der Waals surface area contributed by atoms with Gasteiger partial charge in [0.1, 0.15) is 18.1 Å². The molecule has 12 heteroatoms. The van der Waals surface area contributed by atoms with Gasteiger partial charge in [0.25, 0.3) is 5.91 Å². The maximum absolute atomic E-state index is 14.9. The summed E-state index contributed by atoms with van der Waals surface area (Å²) >= 11 is 0. The van der Waals surface area contributed by atoms with E-state index in [-0.39, 0.29) is 31.5 Å². The van der Waals surface area contributed by atoms with E-state index in [1.54, 1.807) is 39.2 Å². The number of ether oxygens (including phenoxy) is 2. The molecule has 1 aliphatic heterocycles. The molecule has 0 atom stereocenters. The molecule has 37 heavy (non-hydrogen) atoms. The maximum Gasteiger partial charge on any atom is 0.320 e. The van der Waals surface area contributed by atoms with Gasteiger partial charge in [-0.3, -0.25) is 19.2 Å². The first kappa shape index (κ1) is 28.0. The Morgan fingerprint density at radius 1 is 1.19 bits per heavy atom. The van der Waals surface area contributed by atoms with Gasteiger partial charge in [0.15, 0.2) is 13.2 Å². The predicted octanol–water partition coefficient (Wildman–Crippen LogP) is 4.16. The molecule has 1 N–H and O–H groups in total. The average Bonchev–Trinajstić information content (AvgIpc) is 3.12. The van der Waals surface area contributed by atoms with Gasteiger partial charge in [0, 0.05) is 11.1 Å². The minimum Gasteiger partial charge on any atom is -0.482 e. The smallest absolute Gasteiger partial charge is 0.320 e. The molecule has 1 amide bonds. The standard InChI is InChI=1S/C25H25F3N4O4.ClH/c1-15-23(17-6-9-20-19(10-17)29-21(33)12-35-20)24(16-4-7-18(26)8-5-16)32(30-15)13-25(27,28)14-36-22(34)11-31(2)3;/h4-10H,11-14H2,1-3H3,(H,29,33);1H. The summed E-state index contributed by atoms with van der Waals surface area (Å²) in [5.74, 6) is -4.50. The number of carbonyl (C=O) groups excluding carboxylic acids is 2. The number of aromatic nitrogens is 2. The van der Waals surface area contributed by atoms with Crippen LogP contribution in [-0.4, -0.2) is 66.3 Å². The topological polar surface area (TPSA) is 85.7 Å². The molecule has 2 heterocycles. The van der Waals surface area contributed by atoms with Crippen molar-refractivity contribution in [2.45, 2.75) is 19.4 Å². The zero-order chi connectivity index (χ0) is 26.0. The lowest BCUT2D eigenvalue weighted by Crippen LogP contribution is -2.34. The van der Waals surface area contributed by atoms with E-state index < -0.39 is 30.9 Å². The second kappa shape index (κ2) is 11.2. The van der Waals surface area contributed by atoms with Crippen molar-refractivity contribution in [3.05, 3.63) is 54.0 Å². The maximum atomic E-state index is 14.9. The fourth-order valence-electron chi connectivity index (χ4n) is 3.94. The fourth-order valence-corrected chi connectivity index (χ4v) is 3.94. The Labute approximate surface area is 217 Å². The summed E-state index contributed by atoms with van der Waals surface area (Å²) in [6.07, 6.45) is 0. The number of nitrogens with zero attached hydrogens (tertiary/aromatic N) is 3. The van der Waals surface area contributed by atoms with E-state index in [0.717, 1.165) is 4.68 Å². The highest BCUT2D eigenvalue weighted by Crippen LogP contribution is 2.40. The van der Waals surface area contributed by atoms with E-state index in [4.69, 9.17) is 9.47 Å². The third-order valence-electron chi connectivity index (χ3n) is 5.42. The van der Waals surface area contributed by atoms with Crippen LogP contribution in [0.3, 0.4) is 0 Å². The summed E-state index contributed by atoms with van der Waals surface area (Å²) in [7, 11) is 3.25. The molecule has 3 aromatic rings. The third-order valence-corrected chi connectivity index (χ3v) is 5.42. The Kier molecular flexibility index (Phi) is 8.49. The Hall–Kier alpha value is -3.57. The number of hydrogen-bond donors (Lipinski definition) is 1. The van der Waals surface area contributed by atoms with Crippen molar-refractivity contribution in [2.75, 3.05) is 39.2 Å². The highest BCUT2D eigenvalue weighted by atomic mass is 35.5. The summed E-state index contributed by atoms with van der Waals surface area (Å²) in [4.78, 5) is 25.1. The molecule has 4 rings (SSSR count). The Morgan fingerprint density at radius 3 is 2.54 bits per heavy atom. The molecule has 8 nitrogen and oxygen atoms in total. The van der Waals surface area contributed by atoms with Crippen LogP contribution in [0, 0.1) is 12.7 Å². The van der Waals surface area contributed by atoms with Crippen LogP contribution >= 0.6 is 12.4 Å². The van der Waals surface area contributed by atoms with Crippen molar-refractivity contribution >= 4 is 30.0 Å². The number of hydrogen-bond acceptors (Lipinski definition) is 6. The SMILES string of the molecule is Cc1nn(CC(F)(F)COC(=O)CN(C)C)c(-c2ccc(F)cc2)c1-c1ccc2c(c1)NC(=O)CO2.Cl. The van der Waals surface area contributed by atoms with Crippen LogP contribution in [0.15, 0.2) is 42.5 Å².